The molecule has 0 amide bonds. The molecule has 0 aromatic heterocycles. The topological polar surface area (TPSA) is 26.0 Å². The molecule has 0 atom stereocenters. The van der Waals surface area contributed by atoms with Crippen LogP contribution in [0, 0.1) is 0 Å². The molecule has 0 bridgehead atoms. The summed E-state index contributed by atoms with van der Waals surface area (Å²) in [5.74, 6) is 0. The molecule has 0 aliphatic rings. The van der Waals surface area contributed by atoms with Crippen LogP contribution in [0.5, 0.6) is 0 Å². The highest BCUT2D eigenvalue weighted by Crippen LogP contribution is 2.14. The van der Waals surface area contributed by atoms with Crippen molar-refractivity contribution in [2.75, 3.05) is 0 Å². The van der Waals surface area contributed by atoms with Crippen LogP contribution in [-0.4, -0.2) is 0 Å². The molecule has 2 N–H and O–H groups in total. The zero-order valence-corrected chi connectivity index (χ0v) is 18.2. The fraction of sp³-hybridized carbons (Fsp3) is 0.692. The summed E-state index contributed by atoms with van der Waals surface area (Å²) in [5, 5.41) is 0. The Morgan fingerprint density at radius 1 is 0.444 bits per heavy atom. The number of unbranched alkanes of at least 4 members (excludes halogenated alkanes) is 16. The van der Waals surface area contributed by atoms with Crippen LogP contribution in [0.2, 0.25) is 0 Å². The molecule has 0 aromatic carbocycles. The monoisotopic (exact) mass is 373 g/mol. The molecule has 27 heavy (non-hydrogen) atoms. The summed E-state index contributed by atoms with van der Waals surface area (Å²) in [7, 11) is 0. The zero-order valence-electron chi connectivity index (χ0n) is 18.2. The smallest absolute Gasteiger partial charge is 0.00624 e. The predicted molar refractivity (Wildman–Crippen MR) is 125 cm³/mol. The molecule has 1 heteroatoms. The number of hydrogen-bond acceptors (Lipinski definition) is 1. The average molecular weight is 374 g/mol. The second-order valence-corrected chi connectivity index (χ2v) is 7.67. The lowest BCUT2D eigenvalue weighted by atomic mass is 10.0. The first-order valence-electron chi connectivity index (χ1n) is 11.8. The van der Waals surface area contributed by atoms with Gasteiger partial charge in [0.1, 0.15) is 0 Å². The quantitative estimate of drug-likeness (QED) is 0.167. The molecule has 1 nitrogen and oxygen atoms in total. The molecule has 0 unspecified atom stereocenters. The molecule has 0 aliphatic heterocycles. The highest BCUT2D eigenvalue weighted by molar-refractivity contribution is 5.14. The van der Waals surface area contributed by atoms with E-state index < -0.39 is 0 Å². The van der Waals surface area contributed by atoms with E-state index in [0.29, 0.717) is 0 Å². The van der Waals surface area contributed by atoms with E-state index >= 15 is 0 Å². The van der Waals surface area contributed by atoms with E-state index in [2.05, 4.69) is 25.2 Å². The summed E-state index contributed by atoms with van der Waals surface area (Å²) >= 11 is 0. The van der Waals surface area contributed by atoms with E-state index in [1.807, 2.05) is 24.3 Å². The van der Waals surface area contributed by atoms with Crippen LogP contribution in [0.25, 0.3) is 0 Å². The molecule has 0 saturated carbocycles. The van der Waals surface area contributed by atoms with Crippen LogP contribution in [0.4, 0.5) is 0 Å². The molecule has 0 heterocycles. The number of hydrogen-bond donors (Lipinski definition) is 1. The number of rotatable bonds is 20. The first kappa shape index (κ1) is 25.8. The summed E-state index contributed by atoms with van der Waals surface area (Å²) in [4.78, 5) is 0. The Morgan fingerprint density at radius 2 is 0.815 bits per heavy atom. The number of nitrogens with two attached hydrogens (primary N) is 1. The molecule has 0 aliphatic carbocycles. The van der Waals surface area contributed by atoms with Crippen LogP contribution in [0.15, 0.2) is 48.7 Å². The van der Waals surface area contributed by atoms with Crippen LogP contribution < -0.4 is 5.73 Å². The van der Waals surface area contributed by atoms with E-state index in [1.54, 1.807) is 0 Å². The standard InChI is InChI=1S/C26H47N/c1-2-3-4-5-6-7-8-9-10-11-12-13-14-15-16-17-18-19-20-21-22-23-24-25-26-27/h19-26H,2-18,27H2,1H3. The normalized spacial score (nSPS) is 12.5. The number of allylic oxidation sites excluding steroid dienone is 7. The molecule has 0 radical (unpaired) electrons. The Balaban J connectivity index is 3.14. The van der Waals surface area contributed by atoms with E-state index in [1.165, 1.54) is 115 Å². The van der Waals surface area contributed by atoms with Gasteiger partial charge < -0.3 is 5.73 Å². The molecule has 0 fully saturated rings. The van der Waals surface area contributed by atoms with Crippen molar-refractivity contribution in [3.8, 4) is 0 Å². The van der Waals surface area contributed by atoms with Gasteiger partial charge in [0, 0.05) is 0 Å². The fourth-order valence-electron chi connectivity index (χ4n) is 3.31. The summed E-state index contributed by atoms with van der Waals surface area (Å²) in [6.45, 7) is 2.29. The van der Waals surface area contributed by atoms with Crippen molar-refractivity contribution < 1.29 is 0 Å². The zero-order chi connectivity index (χ0) is 19.7. The lowest BCUT2D eigenvalue weighted by molar-refractivity contribution is 0.530. The first-order chi connectivity index (χ1) is 13.4. The van der Waals surface area contributed by atoms with Gasteiger partial charge in [-0.2, -0.15) is 0 Å². The maximum absolute atomic E-state index is 5.25. The SMILES string of the molecule is CCCCCCCCCCCCCCCCCCC=CC=CC=CC=CN. The van der Waals surface area contributed by atoms with Gasteiger partial charge in [-0.15, -0.1) is 0 Å². The molecule has 156 valence electrons. The maximum Gasteiger partial charge on any atom is -0.00624 e. The van der Waals surface area contributed by atoms with Crippen molar-refractivity contribution in [3.63, 3.8) is 0 Å². The van der Waals surface area contributed by atoms with Gasteiger partial charge in [0.25, 0.3) is 0 Å². The minimum atomic E-state index is 1.20. The van der Waals surface area contributed by atoms with Gasteiger partial charge in [-0.3, -0.25) is 0 Å². The Morgan fingerprint density at radius 3 is 1.26 bits per heavy atom. The molecule has 0 saturated heterocycles. The second kappa shape index (κ2) is 24.8. The van der Waals surface area contributed by atoms with Gasteiger partial charge in [-0.1, -0.05) is 140 Å². The maximum atomic E-state index is 5.25. The molecular weight excluding hydrogens is 326 g/mol. The largest absolute Gasteiger partial charge is 0.405 e. The second-order valence-electron chi connectivity index (χ2n) is 7.67. The fourth-order valence-corrected chi connectivity index (χ4v) is 3.31. The van der Waals surface area contributed by atoms with Crippen molar-refractivity contribution in [3.05, 3.63) is 48.7 Å². The third kappa shape index (κ3) is 24.8. The lowest BCUT2D eigenvalue weighted by Crippen LogP contribution is -1.83. The third-order valence-electron chi connectivity index (χ3n) is 5.03. The highest BCUT2D eigenvalue weighted by Gasteiger charge is 1.94. The summed E-state index contributed by atoms with van der Waals surface area (Å²) < 4.78 is 0. The van der Waals surface area contributed by atoms with Crippen molar-refractivity contribution in [1.29, 1.82) is 0 Å². The molecular formula is C26H47N. The summed E-state index contributed by atoms with van der Waals surface area (Å²) in [5.41, 5.74) is 5.25. The van der Waals surface area contributed by atoms with Gasteiger partial charge in [0.05, 0.1) is 0 Å². The molecule has 0 aromatic rings. The third-order valence-corrected chi connectivity index (χ3v) is 5.03. The summed E-state index contributed by atoms with van der Waals surface area (Å²) in [6, 6.07) is 0. The van der Waals surface area contributed by atoms with Gasteiger partial charge in [0.2, 0.25) is 0 Å². The van der Waals surface area contributed by atoms with Crippen LogP contribution in [0.3, 0.4) is 0 Å². The minimum absolute atomic E-state index is 1.20. The predicted octanol–water partition coefficient (Wildman–Crippen LogP) is 8.78. The van der Waals surface area contributed by atoms with Gasteiger partial charge in [-0.05, 0) is 25.1 Å². The molecule has 0 spiro atoms. The van der Waals surface area contributed by atoms with Gasteiger partial charge in [-0.25, -0.2) is 0 Å². The van der Waals surface area contributed by atoms with Crippen molar-refractivity contribution in [1.82, 2.24) is 0 Å². The highest BCUT2D eigenvalue weighted by atomic mass is 14.5. The average Bonchev–Trinajstić information content (AvgIpc) is 2.68. The Bertz CT molecular complexity index is 376. The first-order valence-corrected chi connectivity index (χ1v) is 11.8. The minimum Gasteiger partial charge on any atom is -0.405 e. The molecule has 0 rings (SSSR count). The van der Waals surface area contributed by atoms with Gasteiger partial charge in [0.15, 0.2) is 0 Å². The Hall–Kier alpha value is -1.24. The Kier molecular flexibility index (Phi) is 23.6. The van der Waals surface area contributed by atoms with Crippen molar-refractivity contribution in [2.45, 2.75) is 116 Å². The van der Waals surface area contributed by atoms with E-state index in [0.717, 1.165) is 0 Å². The van der Waals surface area contributed by atoms with Crippen LogP contribution in [-0.2, 0) is 0 Å². The summed E-state index contributed by atoms with van der Waals surface area (Å²) in [6.07, 6.45) is 40.0. The van der Waals surface area contributed by atoms with Crippen molar-refractivity contribution >= 4 is 0 Å². The lowest BCUT2D eigenvalue weighted by Gasteiger charge is -2.03. The van der Waals surface area contributed by atoms with E-state index in [4.69, 9.17) is 5.73 Å². The van der Waals surface area contributed by atoms with E-state index in [9.17, 15) is 0 Å². The van der Waals surface area contributed by atoms with Crippen LogP contribution in [0.1, 0.15) is 116 Å². The van der Waals surface area contributed by atoms with Gasteiger partial charge >= 0.3 is 0 Å². The van der Waals surface area contributed by atoms with Crippen molar-refractivity contribution in [2.24, 2.45) is 5.73 Å². The van der Waals surface area contributed by atoms with Crippen LogP contribution >= 0.6 is 0 Å². The Labute approximate surface area is 170 Å². The van der Waals surface area contributed by atoms with E-state index in [-0.39, 0.29) is 0 Å².